The Bertz CT molecular complexity index is 293. The van der Waals surface area contributed by atoms with Crippen LogP contribution in [0.3, 0.4) is 0 Å². The predicted octanol–water partition coefficient (Wildman–Crippen LogP) is 2.25. The summed E-state index contributed by atoms with van der Waals surface area (Å²) in [5.41, 5.74) is 0.461. The molecular weight excluding hydrogens is 178 g/mol. The molecule has 0 aliphatic carbocycles. The largest absolute Gasteiger partial charge is 0.464 e. The molecule has 0 spiro atoms. The van der Waals surface area contributed by atoms with E-state index < -0.39 is 5.97 Å². The molecule has 0 saturated carbocycles. The predicted molar refractivity (Wildman–Crippen MR) is 56.6 cm³/mol. The van der Waals surface area contributed by atoms with E-state index in [-0.39, 0.29) is 5.71 Å². The van der Waals surface area contributed by atoms with Crippen LogP contribution in [0.25, 0.3) is 0 Å². The molecule has 0 atom stereocenters. The van der Waals surface area contributed by atoms with Crippen LogP contribution in [0, 0.1) is 5.41 Å². The van der Waals surface area contributed by atoms with Crippen molar-refractivity contribution in [2.45, 2.75) is 13.8 Å². The summed E-state index contributed by atoms with van der Waals surface area (Å²) >= 11 is 0. The van der Waals surface area contributed by atoms with Gasteiger partial charge in [0.1, 0.15) is 5.71 Å². The molecule has 0 amide bonds. The highest BCUT2D eigenvalue weighted by atomic mass is 16.5. The number of ether oxygens (including phenoxy) is 1. The van der Waals surface area contributed by atoms with Crippen molar-refractivity contribution in [3.05, 3.63) is 35.9 Å². The number of esters is 1. The number of hydrogen-bond donors (Lipinski definition) is 1. The summed E-state index contributed by atoms with van der Waals surface area (Å²) in [7, 11) is 1.26. The molecule has 3 heteroatoms. The van der Waals surface area contributed by atoms with Gasteiger partial charge in [-0.1, -0.05) is 44.2 Å². The molecule has 0 saturated heterocycles. The third-order valence-electron chi connectivity index (χ3n) is 1.45. The van der Waals surface area contributed by atoms with Crippen molar-refractivity contribution in [2.75, 3.05) is 7.11 Å². The van der Waals surface area contributed by atoms with Crippen LogP contribution >= 0.6 is 0 Å². The number of hydrogen-bond acceptors (Lipinski definition) is 3. The smallest absolute Gasteiger partial charge is 0.356 e. The van der Waals surface area contributed by atoms with Crippen LogP contribution in [0.4, 0.5) is 0 Å². The van der Waals surface area contributed by atoms with Crippen LogP contribution < -0.4 is 0 Å². The standard InChI is InChI=1S/C9H9NO2.C2H6/c1-12-9(11)8(10)7-5-3-2-4-6-7;1-2/h2-6,10H,1H3;1-2H3. The molecule has 1 aromatic rings. The van der Waals surface area contributed by atoms with Crippen molar-refractivity contribution in [3.63, 3.8) is 0 Å². The average molecular weight is 193 g/mol. The van der Waals surface area contributed by atoms with Gasteiger partial charge in [-0.2, -0.15) is 0 Å². The van der Waals surface area contributed by atoms with Gasteiger partial charge in [0, 0.05) is 5.56 Å². The molecule has 1 rings (SSSR count). The maximum atomic E-state index is 10.9. The molecule has 0 heterocycles. The lowest BCUT2D eigenvalue weighted by Gasteiger charge is -1.99. The average Bonchev–Trinajstić information content (AvgIpc) is 2.31. The van der Waals surface area contributed by atoms with E-state index in [0.717, 1.165) is 0 Å². The zero-order valence-corrected chi connectivity index (χ0v) is 8.70. The molecule has 76 valence electrons. The van der Waals surface area contributed by atoms with Crippen LogP contribution in [0.2, 0.25) is 0 Å². The first kappa shape index (κ1) is 12.4. The first-order valence-corrected chi connectivity index (χ1v) is 4.48. The minimum absolute atomic E-state index is 0.113. The molecule has 0 fully saturated rings. The summed E-state index contributed by atoms with van der Waals surface area (Å²) in [6.45, 7) is 4.00. The zero-order valence-electron chi connectivity index (χ0n) is 8.70. The molecule has 0 unspecified atom stereocenters. The molecule has 1 aromatic carbocycles. The maximum absolute atomic E-state index is 10.9. The van der Waals surface area contributed by atoms with Crippen LogP contribution in [-0.2, 0) is 9.53 Å². The Kier molecular flexibility index (Phi) is 6.03. The van der Waals surface area contributed by atoms with Crippen LogP contribution in [0.1, 0.15) is 19.4 Å². The number of nitrogens with one attached hydrogen (secondary N) is 1. The molecule has 3 nitrogen and oxygen atoms in total. The van der Waals surface area contributed by atoms with Gasteiger partial charge in [-0.3, -0.25) is 5.41 Å². The first-order chi connectivity index (χ1) is 6.75. The lowest BCUT2D eigenvalue weighted by Crippen LogP contribution is -2.15. The van der Waals surface area contributed by atoms with Gasteiger partial charge in [0.2, 0.25) is 0 Å². The second kappa shape index (κ2) is 6.83. The van der Waals surface area contributed by atoms with E-state index in [0.29, 0.717) is 5.56 Å². The Hall–Kier alpha value is -1.64. The van der Waals surface area contributed by atoms with Crippen molar-refractivity contribution in [1.82, 2.24) is 0 Å². The zero-order chi connectivity index (χ0) is 11.0. The summed E-state index contributed by atoms with van der Waals surface area (Å²) in [6, 6.07) is 8.76. The van der Waals surface area contributed by atoms with E-state index in [9.17, 15) is 4.79 Å². The van der Waals surface area contributed by atoms with Gasteiger partial charge in [0.25, 0.3) is 0 Å². The van der Waals surface area contributed by atoms with Crippen LogP contribution in [0.5, 0.6) is 0 Å². The summed E-state index contributed by atoms with van der Waals surface area (Å²) in [4.78, 5) is 10.9. The Balaban J connectivity index is 0.000000791. The van der Waals surface area contributed by atoms with E-state index in [1.807, 2.05) is 19.9 Å². The topological polar surface area (TPSA) is 50.2 Å². The molecule has 1 N–H and O–H groups in total. The van der Waals surface area contributed by atoms with Crippen molar-refractivity contribution < 1.29 is 9.53 Å². The number of methoxy groups -OCH3 is 1. The fourth-order valence-electron chi connectivity index (χ4n) is 0.825. The van der Waals surface area contributed by atoms with E-state index in [4.69, 9.17) is 5.41 Å². The fourth-order valence-corrected chi connectivity index (χ4v) is 0.825. The van der Waals surface area contributed by atoms with Gasteiger partial charge in [-0.25, -0.2) is 4.79 Å². The van der Waals surface area contributed by atoms with Crippen molar-refractivity contribution in [1.29, 1.82) is 5.41 Å². The van der Waals surface area contributed by atoms with Gasteiger partial charge in [-0.15, -0.1) is 0 Å². The molecule has 14 heavy (non-hydrogen) atoms. The summed E-state index contributed by atoms with van der Waals surface area (Å²) in [5.74, 6) is -0.610. The first-order valence-electron chi connectivity index (χ1n) is 4.48. The van der Waals surface area contributed by atoms with Gasteiger partial charge in [0.15, 0.2) is 0 Å². The Morgan fingerprint density at radius 1 is 1.21 bits per heavy atom. The number of carbonyl (C=O) groups is 1. The molecule has 0 bridgehead atoms. The fraction of sp³-hybridized carbons (Fsp3) is 0.273. The minimum atomic E-state index is -0.610. The third kappa shape index (κ3) is 3.39. The van der Waals surface area contributed by atoms with Gasteiger partial charge < -0.3 is 4.74 Å². The third-order valence-corrected chi connectivity index (χ3v) is 1.45. The van der Waals surface area contributed by atoms with Gasteiger partial charge in [-0.05, 0) is 0 Å². The summed E-state index contributed by atoms with van der Waals surface area (Å²) in [6.07, 6.45) is 0. The quantitative estimate of drug-likeness (QED) is 0.578. The number of carbonyl (C=O) groups excluding carboxylic acids is 1. The van der Waals surface area contributed by atoms with Crippen molar-refractivity contribution in [3.8, 4) is 0 Å². The second-order valence-corrected chi connectivity index (χ2v) is 2.23. The highest BCUT2D eigenvalue weighted by molar-refractivity contribution is 6.41. The van der Waals surface area contributed by atoms with Crippen LogP contribution in [0.15, 0.2) is 30.3 Å². The molecular formula is C11H15NO2. The molecule has 0 aliphatic heterocycles. The molecule has 0 aliphatic rings. The van der Waals surface area contributed by atoms with Gasteiger partial charge in [0.05, 0.1) is 7.11 Å². The molecule has 0 radical (unpaired) electrons. The highest BCUT2D eigenvalue weighted by Gasteiger charge is 2.10. The Labute approximate surface area is 84.2 Å². The van der Waals surface area contributed by atoms with Crippen LogP contribution in [-0.4, -0.2) is 18.8 Å². The van der Waals surface area contributed by atoms with Gasteiger partial charge >= 0.3 is 5.97 Å². The normalized spacial score (nSPS) is 8.21. The Morgan fingerprint density at radius 2 is 1.71 bits per heavy atom. The lowest BCUT2D eigenvalue weighted by atomic mass is 10.1. The molecule has 0 aromatic heterocycles. The van der Waals surface area contributed by atoms with E-state index >= 15 is 0 Å². The van der Waals surface area contributed by atoms with E-state index in [1.54, 1.807) is 24.3 Å². The summed E-state index contributed by atoms with van der Waals surface area (Å²) < 4.78 is 4.40. The maximum Gasteiger partial charge on any atom is 0.356 e. The number of benzene rings is 1. The monoisotopic (exact) mass is 193 g/mol. The second-order valence-electron chi connectivity index (χ2n) is 2.23. The highest BCUT2D eigenvalue weighted by Crippen LogP contribution is 2.00. The Morgan fingerprint density at radius 3 is 2.14 bits per heavy atom. The lowest BCUT2D eigenvalue weighted by molar-refractivity contribution is -0.132. The minimum Gasteiger partial charge on any atom is -0.464 e. The van der Waals surface area contributed by atoms with Crippen molar-refractivity contribution in [2.24, 2.45) is 0 Å². The van der Waals surface area contributed by atoms with E-state index in [2.05, 4.69) is 4.74 Å². The number of rotatable bonds is 2. The summed E-state index contributed by atoms with van der Waals surface area (Å²) in [5, 5.41) is 7.36. The van der Waals surface area contributed by atoms with E-state index in [1.165, 1.54) is 7.11 Å². The SMILES string of the molecule is CC.COC(=O)C(=N)c1ccccc1. The van der Waals surface area contributed by atoms with Crippen molar-refractivity contribution >= 4 is 11.7 Å².